The Hall–Kier alpha value is -0.580. The highest BCUT2D eigenvalue weighted by molar-refractivity contribution is 7.98. The number of rotatable bonds is 6. The van der Waals surface area contributed by atoms with Crippen LogP contribution in [0.25, 0.3) is 0 Å². The number of hydrogen-bond acceptors (Lipinski definition) is 4. The Morgan fingerprint density at radius 2 is 1.88 bits per heavy atom. The molecule has 1 aromatic heterocycles. The minimum Gasteiger partial charge on any atom is -0.144 e. The van der Waals surface area contributed by atoms with E-state index in [0.717, 1.165) is 28.6 Å². The van der Waals surface area contributed by atoms with Gasteiger partial charge in [0, 0.05) is 17.2 Å². The lowest BCUT2D eigenvalue weighted by atomic mass is 10.4. The highest BCUT2D eigenvalue weighted by Crippen LogP contribution is 2.24. The van der Waals surface area contributed by atoms with Gasteiger partial charge >= 0.3 is 0 Å². The van der Waals surface area contributed by atoms with E-state index >= 15 is 0 Å². The summed E-state index contributed by atoms with van der Waals surface area (Å²) in [6.07, 6.45) is 1.92. The number of halogens is 1. The molecule has 0 fully saturated rings. The van der Waals surface area contributed by atoms with Crippen molar-refractivity contribution in [3.63, 3.8) is 0 Å². The SMILES string of the molecule is ClCCCc1nnc(CSc2ccccc2)s1. The largest absolute Gasteiger partial charge is 0.144 e. The fourth-order valence-electron chi connectivity index (χ4n) is 1.33. The number of hydrogen-bond donors (Lipinski definition) is 0. The second-order valence-electron chi connectivity index (χ2n) is 3.48. The van der Waals surface area contributed by atoms with Crippen LogP contribution >= 0.6 is 34.7 Å². The van der Waals surface area contributed by atoms with Gasteiger partial charge in [-0.15, -0.1) is 44.9 Å². The third-order valence-electron chi connectivity index (χ3n) is 2.14. The van der Waals surface area contributed by atoms with Crippen molar-refractivity contribution in [3.05, 3.63) is 40.3 Å². The zero-order valence-corrected chi connectivity index (χ0v) is 11.7. The van der Waals surface area contributed by atoms with Crippen LogP contribution in [-0.4, -0.2) is 16.1 Å². The third-order valence-corrected chi connectivity index (χ3v) is 4.59. The first kappa shape index (κ1) is 12.9. The fraction of sp³-hybridized carbons (Fsp3) is 0.333. The Morgan fingerprint density at radius 3 is 2.65 bits per heavy atom. The van der Waals surface area contributed by atoms with Gasteiger partial charge in [0.25, 0.3) is 0 Å². The van der Waals surface area contributed by atoms with Crippen molar-refractivity contribution >= 4 is 34.7 Å². The van der Waals surface area contributed by atoms with Gasteiger partial charge < -0.3 is 0 Å². The average molecular weight is 285 g/mol. The minimum atomic E-state index is 0.688. The van der Waals surface area contributed by atoms with Crippen LogP contribution in [0.5, 0.6) is 0 Å². The molecule has 2 nitrogen and oxygen atoms in total. The maximum absolute atomic E-state index is 5.65. The predicted molar refractivity (Wildman–Crippen MR) is 75.0 cm³/mol. The van der Waals surface area contributed by atoms with Crippen LogP contribution < -0.4 is 0 Å². The minimum absolute atomic E-state index is 0.688. The summed E-state index contributed by atoms with van der Waals surface area (Å²) < 4.78 is 0. The van der Waals surface area contributed by atoms with Crippen molar-refractivity contribution < 1.29 is 0 Å². The van der Waals surface area contributed by atoms with Crippen LogP contribution in [0.2, 0.25) is 0 Å². The van der Waals surface area contributed by atoms with E-state index in [0.29, 0.717) is 5.88 Å². The predicted octanol–water partition coefficient (Wildman–Crippen LogP) is 4.00. The number of aryl methyl sites for hydroxylation is 1. The van der Waals surface area contributed by atoms with Crippen molar-refractivity contribution in [1.82, 2.24) is 10.2 Å². The van der Waals surface area contributed by atoms with Crippen LogP contribution in [0.3, 0.4) is 0 Å². The lowest BCUT2D eigenvalue weighted by Crippen LogP contribution is -1.84. The van der Waals surface area contributed by atoms with Gasteiger partial charge in [-0.1, -0.05) is 18.2 Å². The van der Waals surface area contributed by atoms with Gasteiger partial charge in [-0.3, -0.25) is 0 Å². The van der Waals surface area contributed by atoms with Gasteiger partial charge in [-0.2, -0.15) is 0 Å². The van der Waals surface area contributed by atoms with Crippen molar-refractivity contribution in [3.8, 4) is 0 Å². The standard InChI is InChI=1S/C12H13ClN2S2/c13-8-4-7-11-14-15-12(17-11)9-16-10-5-2-1-3-6-10/h1-3,5-6H,4,7-9H2. The first-order valence-electron chi connectivity index (χ1n) is 5.43. The number of aromatic nitrogens is 2. The van der Waals surface area contributed by atoms with Crippen molar-refractivity contribution in [2.45, 2.75) is 23.5 Å². The molecule has 5 heteroatoms. The van der Waals surface area contributed by atoms with Gasteiger partial charge in [-0.05, 0) is 18.6 Å². The summed E-state index contributed by atoms with van der Waals surface area (Å²) in [4.78, 5) is 1.27. The highest BCUT2D eigenvalue weighted by Gasteiger charge is 2.04. The van der Waals surface area contributed by atoms with Gasteiger partial charge in [0.2, 0.25) is 0 Å². The summed E-state index contributed by atoms with van der Waals surface area (Å²) in [6, 6.07) is 10.3. The Labute approximate surface area is 114 Å². The Balaban J connectivity index is 1.85. The molecule has 0 amide bonds. The van der Waals surface area contributed by atoms with E-state index < -0.39 is 0 Å². The molecule has 0 saturated heterocycles. The van der Waals surface area contributed by atoms with Crippen LogP contribution in [-0.2, 0) is 12.2 Å². The molecule has 0 saturated carbocycles. The topological polar surface area (TPSA) is 25.8 Å². The molecule has 0 radical (unpaired) electrons. The maximum atomic E-state index is 5.65. The number of benzene rings is 1. The van der Waals surface area contributed by atoms with Gasteiger partial charge in [0.05, 0.1) is 5.75 Å². The van der Waals surface area contributed by atoms with E-state index in [2.05, 4.69) is 22.3 Å². The van der Waals surface area contributed by atoms with E-state index in [4.69, 9.17) is 11.6 Å². The molecular formula is C12H13ClN2S2. The van der Waals surface area contributed by atoms with Crippen LogP contribution in [0.4, 0.5) is 0 Å². The zero-order chi connectivity index (χ0) is 11.9. The van der Waals surface area contributed by atoms with Crippen LogP contribution in [0, 0.1) is 0 Å². The molecule has 0 aliphatic carbocycles. The Bertz CT molecular complexity index is 445. The Kier molecular flexibility index (Phi) is 5.29. The molecule has 1 heterocycles. The first-order valence-corrected chi connectivity index (χ1v) is 7.77. The molecular weight excluding hydrogens is 272 g/mol. The van der Waals surface area contributed by atoms with E-state index in [-0.39, 0.29) is 0 Å². The van der Waals surface area contributed by atoms with E-state index in [9.17, 15) is 0 Å². The number of alkyl halides is 1. The van der Waals surface area contributed by atoms with Gasteiger partial charge in [-0.25, -0.2) is 0 Å². The molecule has 0 atom stereocenters. The normalized spacial score (nSPS) is 10.6. The van der Waals surface area contributed by atoms with Gasteiger partial charge in [0.15, 0.2) is 0 Å². The number of nitrogens with zero attached hydrogens (tertiary/aromatic N) is 2. The van der Waals surface area contributed by atoms with Crippen molar-refractivity contribution in [1.29, 1.82) is 0 Å². The second kappa shape index (κ2) is 6.99. The van der Waals surface area contributed by atoms with Crippen LogP contribution in [0.1, 0.15) is 16.4 Å². The number of thioether (sulfide) groups is 1. The molecule has 90 valence electrons. The molecule has 1 aromatic carbocycles. The van der Waals surface area contributed by atoms with Gasteiger partial charge in [0.1, 0.15) is 10.0 Å². The lowest BCUT2D eigenvalue weighted by molar-refractivity contribution is 0.877. The Morgan fingerprint density at radius 1 is 1.12 bits per heavy atom. The molecule has 0 aliphatic heterocycles. The molecule has 0 bridgehead atoms. The molecule has 0 aliphatic rings. The second-order valence-corrected chi connectivity index (χ2v) is 6.06. The zero-order valence-electron chi connectivity index (χ0n) is 9.30. The monoisotopic (exact) mass is 284 g/mol. The maximum Gasteiger partial charge on any atom is 0.127 e. The summed E-state index contributed by atoms with van der Waals surface area (Å²) in [6.45, 7) is 0. The summed E-state index contributed by atoms with van der Waals surface area (Å²) in [5, 5.41) is 10.5. The molecule has 0 unspecified atom stereocenters. The molecule has 17 heavy (non-hydrogen) atoms. The fourth-order valence-corrected chi connectivity index (χ4v) is 3.25. The van der Waals surface area contributed by atoms with Crippen molar-refractivity contribution in [2.24, 2.45) is 0 Å². The third kappa shape index (κ3) is 4.30. The molecule has 0 N–H and O–H groups in total. The van der Waals surface area contributed by atoms with E-state index in [1.807, 2.05) is 18.2 Å². The summed E-state index contributed by atoms with van der Waals surface area (Å²) in [5.74, 6) is 1.58. The smallest absolute Gasteiger partial charge is 0.127 e. The summed E-state index contributed by atoms with van der Waals surface area (Å²) in [7, 11) is 0. The summed E-state index contributed by atoms with van der Waals surface area (Å²) in [5.41, 5.74) is 0. The molecule has 2 rings (SSSR count). The van der Waals surface area contributed by atoms with Crippen LogP contribution in [0.15, 0.2) is 35.2 Å². The van der Waals surface area contributed by atoms with Crippen molar-refractivity contribution in [2.75, 3.05) is 5.88 Å². The molecule has 0 spiro atoms. The average Bonchev–Trinajstić information content (AvgIpc) is 2.83. The lowest BCUT2D eigenvalue weighted by Gasteiger charge is -1.96. The summed E-state index contributed by atoms with van der Waals surface area (Å²) >= 11 is 9.13. The first-order chi connectivity index (χ1) is 8.38. The quantitative estimate of drug-likeness (QED) is 0.592. The van der Waals surface area contributed by atoms with E-state index in [1.165, 1.54) is 4.90 Å². The highest BCUT2D eigenvalue weighted by atomic mass is 35.5. The molecule has 2 aromatic rings. The van der Waals surface area contributed by atoms with E-state index in [1.54, 1.807) is 23.1 Å².